The van der Waals surface area contributed by atoms with E-state index in [1.54, 1.807) is 0 Å². The van der Waals surface area contributed by atoms with Gasteiger partial charge in [-0.3, -0.25) is 4.79 Å². The van der Waals surface area contributed by atoms with Crippen molar-refractivity contribution in [3.63, 3.8) is 0 Å². The summed E-state index contributed by atoms with van der Waals surface area (Å²) in [6.07, 6.45) is 27.0. The highest BCUT2D eigenvalue weighted by atomic mass is 16.5. The maximum Gasteiger partial charge on any atom is 0.305 e. The van der Waals surface area contributed by atoms with E-state index < -0.39 is 0 Å². The molecular formula is C22H36O3. The van der Waals surface area contributed by atoms with Crippen molar-refractivity contribution < 1.29 is 14.6 Å². The number of esters is 1. The summed E-state index contributed by atoms with van der Waals surface area (Å²) >= 11 is 0. The van der Waals surface area contributed by atoms with E-state index in [-0.39, 0.29) is 5.97 Å². The Morgan fingerprint density at radius 1 is 0.760 bits per heavy atom. The van der Waals surface area contributed by atoms with Crippen molar-refractivity contribution in [2.45, 2.75) is 71.1 Å². The second-order valence-corrected chi connectivity index (χ2v) is 5.86. The third-order valence-corrected chi connectivity index (χ3v) is 3.57. The Balaban J connectivity index is 3.43. The van der Waals surface area contributed by atoms with Crippen LogP contribution in [0.25, 0.3) is 0 Å². The smallest absolute Gasteiger partial charge is 0.305 e. The third-order valence-electron chi connectivity index (χ3n) is 3.57. The summed E-state index contributed by atoms with van der Waals surface area (Å²) in [7, 11) is 0. The van der Waals surface area contributed by atoms with Crippen LogP contribution in [0.15, 0.2) is 48.6 Å². The normalized spacial score (nSPS) is 12.2. The number of aliphatic hydroxyl groups excluding tert-OH is 1. The number of allylic oxidation sites excluding steroid dienone is 8. The van der Waals surface area contributed by atoms with E-state index in [0.717, 1.165) is 51.4 Å². The van der Waals surface area contributed by atoms with Crippen molar-refractivity contribution in [1.29, 1.82) is 0 Å². The number of carbonyl (C=O) groups excluding carboxylic acids is 1. The van der Waals surface area contributed by atoms with Crippen molar-refractivity contribution in [2.24, 2.45) is 0 Å². The SMILES string of the molecule is CCOC(=O)CCC/C=C/C/C=C/C/C=C/C/C=C/CCCCCO. The Bertz CT molecular complexity index is 405. The van der Waals surface area contributed by atoms with Gasteiger partial charge in [-0.1, -0.05) is 55.0 Å². The fourth-order valence-corrected chi connectivity index (χ4v) is 2.20. The molecule has 3 heteroatoms. The average molecular weight is 349 g/mol. The Morgan fingerprint density at radius 3 is 1.80 bits per heavy atom. The molecule has 0 aromatic heterocycles. The van der Waals surface area contributed by atoms with Crippen LogP contribution in [0.4, 0.5) is 0 Å². The molecule has 25 heavy (non-hydrogen) atoms. The van der Waals surface area contributed by atoms with Gasteiger partial charge in [-0.15, -0.1) is 0 Å². The van der Waals surface area contributed by atoms with E-state index in [2.05, 4.69) is 48.6 Å². The van der Waals surface area contributed by atoms with Crippen LogP contribution < -0.4 is 0 Å². The number of rotatable bonds is 16. The number of hydrogen-bond donors (Lipinski definition) is 1. The van der Waals surface area contributed by atoms with Crippen molar-refractivity contribution in [3.8, 4) is 0 Å². The molecule has 0 bridgehead atoms. The van der Waals surface area contributed by atoms with E-state index in [1.807, 2.05) is 6.92 Å². The second kappa shape index (κ2) is 20.4. The van der Waals surface area contributed by atoms with Crippen molar-refractivity contribution >= 4 is 5.97 Å². The lowest BCUT2D eigenvalue weighted by atomic mass is 10.2. The maximum atomic E-state index is 11.1. The van der Waals surface area contributed by atoms with Crippen LogP contribution in [0.3, 0.4) is 0 Å². The van der Waals surface area contributed by atoms with E-state index in [4.69, 9.17) is 9.84 Å². The molecular weight excluding hydrogens is 312 g/mol. The lowest BCUT2D eigenvalue weighted by Gasteiger charge is -1.98. The highest BCUT2D eigenvalue weighted by Crippen LogP contribution is 2.02. The van der Waals surface area contributed by atoms with E-state index in [9.17, 15) is 4.79 Å². The molecule has 1 N–H and O–H groups in total. The van der Waals surface area contributed by atoms with Gasteiger partial charge in [-0.25, -0.2) is 0 Å². The Kier molecular flexibility index (Phi) is 19.1. The van der Waals surface area contributed by atoms with Crippen LogP contribution in [0, 0.1) is 0 Å². The van der Waals surface area contributed by atoms with Crippen molar-refractivity contribution in [3.05, 3.63) is 48.6 Å². The molecule has 3 nitrogen and oxygen atoms in total. The largest absolute Gasteiger partial charge is 0.466 e. The van der Waals surface area contributed by atoms with E-state index in [1.165, 1.54) is 6.42 Å². The molecule has 0 aliphatic heterocycles. The molecule has 0 saturated carbocycles. The molecule has 0 aromatic carbocycles. The van der Waals surface area contributed by atoms with Gasteiger partial charge in [0.2, 0.25) is 0 Å². The number of carbonyl (C=O) groups is 1. The molecule has 0 amide bonds. The highest BCUT2D eigenvalue weighted by Gasteiger charge is 1.98. The number of aliphatic hydroxyl groups is 1. The monoisotopic (exact) mass is 348 g/mol. The minimum absolute atomic E-state index is 0.0980. The quantitative estimate of drug-likeness (QED) is 0.222. The molecule has 0 fully saturated rings. The Hall–Kier alpha value is -1.61. The predicted molar refractivity (Wildman–Crippen MR) is 106 cm³/mol. The van der Waals surface area contributed by atoms with Gasteiger partial charge in [0.25, 0.3) is 0 Å². The van der Waals surface area contributed by atoms with Crippen LogP contribution in [0.5, 0.6) is 0 Å². The molecule has 0 heterocycles. The zero-order valence-corrected chi connectivity index (χ0v) is 15.9. The second-order valence-electron chi connectivity index (χ2n) is 5.86. The fourth-order valence-electron chi connectivity index (χ4n) is 2.20. The number of ether oxygens (including phenoxy) is 1. The summed E-state index contributed by atoms with van der Waals surface area (Å²) in [5.41, 5.74) is 0. The lowest BCUT2D eigenvalue weighted by Crippen LogP contribution is -2.02. The molecule has 0 aliphatic carbocycles. The average Bonchev–Trinajstić information content (AvgIpc) is 2.61. The van der Waals surface area contributed by atoms with Gasteiger partial charge in [-0.05, 0) is 58.3 Å². The van der Waals surface area contributed by atoms with Crippen molar-refractivity contribution in [1.82, 2.24) is 0 Å². The molecule has 142 valence electrons. The van der Waals surface area contributed by atoms with Crippen LogP contribution in [0.1, 0.15) is 71.1 Å². The minimum Gasteiger partial charge on any atom is -0.466 e. The zero-order chi connectivity index (χ0) is 18.4. The highest BCUT2D eigenvalue weighted by molar-refractivity contribution is 5.69. The van der Waals surface area contributed by atoms with Crippen LogP contribution in [0.2, 0.25) is 0 Å². The molecule has 0 atom stereocenters. The Morgan fingerprint density at radius 2 is 1.28 bits per heavy atom. The third kappa shape index (κ3) is 20.3. The Labute approximate surface area is 154 Å². The molecule has 0 unspecified atom stereocenters. The fraction of sp³-hybridized carbons (Fsp3) is 0.591. The summed E-state index contributed by atoms with van der Waals surface area (Å²) in [6, 6.07) is 0. The standard InChI is InChI=1S/C22H36O3/c1-2-25-22(24)20-18-16-14-12-10-8-6-4-3-5-7-9-11-13-15-17-19-21-23/h3,5-6,8-9,11-12,14,23H,2,4,7,10,13,15-21H2,1H3/b5-3+,8-6+,11-9+,14-12+. The van der Waals surface area contributed by atoms with E-state index >= 15 is 0 Å². The van der Waals surface area contributed by atoms with Crippen LogP contribution in [-0.4, -0.2) is 24.3 Å². The molecule has 0 aliphatic rings. The number of unbranched alkanes of at least 4 members (excludes halogenated alkanes) is 4. The summed E-state index contributed by atoms with van der Waals surface area (Å²) in [6.45, 7) is 2.61. The van der Waals surface area contributed by atoms with E-state index in [0.29, 0.717) is 19.6 Å². The van der Waals surface area contributed by atoms with Gasteiger partial charge in [-0.2, -0.15) is 0 Å². The summed E-state index contributed by atoms with van der Waals surface area (Å²) in [5, 5.41) is 8.67. The first-order chi connectivity index (χ1) is 12.3. The van der Waals surface area contributed by atoms with Crippen LogP contribution in [-0.2, 0) is 9.53 Å². The van der Waals surface area contributed by atoms with Crippen molar-refractivity contribution in [2.75, 3.05) is 13.2 Å². The predicted octanol–water partition coefficient (Wildman–Crippen LogP) is 5.67. The summed E-state index contributed by atoms with van der Waals surface area (Å²) in [5.74, 6) is -0.0980. The summed E-state index contributed by atoms with van der Waals surface area (Å²) < 4.78 is 4.88. The zero-order valence-electron chi connectivity index (χ0n) is 15.9. The molecule has 0 radical (unpaired) electrons. The first-order valence-corrected chi connectivity index (χ1v) is 9.67. The maximum absolute atomic E-state index is 11.1. The van der Waals surface area contributed by atoms with Crippen LogP contribution >= 0.6 is 0 Å². The molecule has 0 saturated heterocycles. The van der Waals surface area contributed by atoms with Gasteiger partial charge < -0.3 is 9.84 Å². The molecule has 0 aromatic rings. The molecule has 0 spiro atoms. The lowest BCUT2D eigenvalue weighted by molar-refractivity contribution is -0.143. The first-order valence-electron chi connectivity index (χ1n) is 9.67. The van der Waals surface area contributed by atoms with Gasteiger partial charge in [0.1, 0.15) is 0 Å². The van der Waals surface area contributed by atoms with Gasteiger partial charge in [0, 0.05) is 13.0 Å². The van der Waals surface area contributed by atoms with Gasteiger partial charge in [0.15, 0.2) is 0 Å². The molecule has 0 rings (SSSR count). The number of hydrogen-bond acceptors (Lipinski definition) is 3. The minimum atomic E-state index is -0.0980. The topological polar surface area (TPSA) is 46.5 Å². The van der Waals surface area contributed by atoms with Gasteiger partial charge in [0.05, 0.1) is 6.61 Å². The first kappa shape index (κ1) is 23.4. The van der Waals surface area contributed by atoms with Gasteiger partial charge >= 0.3 is 5.97 Å². The summed E-state index contributed by atoms with van der Waals surface area (Å²) in [4.78, 5) is 11.1.